The third kappa shape index (κ3) is 3.99. The second-order valence-electron chi connectivity index (χ2n) is 7.27. The molecule has 1 saturated heterocycles. The fraction of sp³-hybridized carbons (Fsp3) is 0.286. The number of aromatic nitrogens is 1. The molecule has 1 aliphatic rings. The molecule has 1 fully saturated rings. The Balaban J connectivity index is 1.59. The van der Waals surface area contributed by atoms with Gasteiger partial charge in [-0.2, -0.15) is 4.31 Å². The molecular weight excluding hydrogens is 394 g/mol. The van der Waals surface area contributed by atoms with E-state index < -0.39 is 10.0 Å². The summed E-state index contributed by atoms with van der Waals surface area (Å²) in [5.41, 5.74) is 1.58. The fourth-order valence-corrected chi connectivity index (χ4v) is 5.12. The van der Waals surface area contributed by atoms with Crippen molar-refractivity contribution in [1.82, 2.24) is 9.29 Å². The fourth-order valence-electron chi connectivity index (χ4n) is 3.42. The second-order valence-corrected chi connectivity index (χ2v) is 9.65. The monoisotopic (exact) mass is 415 g/mol. The highest BCUT2D eigenvalue weighted by Gasteiger charge is 2.28. The van der Waals surface area contributed by atoms with Gasteiger partial charge < -0.3 is 5.32 Å². The van der Waals surface area contributed by atoms with Gasteiger partial charge in [0.15, 0.2) is 0 Å². The van der Waals surface area contributed by atoms with Crippen LogP contribution < -0.4 is 5.32 Å². The number of hydrogen-bond acceptors (Lipinski definition) is 4. The summed E-state index contributed by atoms with van der Waals surface area (Å²) in [4.78, 5) is 4.91. The Labute approximate surface area is 170 Å². The number of nitrogens with one attached hydrogen (secondary N) is 1. The summed E-state index contributed by atoms with van der Waals surface area (Å²) in [5.74, 6) is 1.26. The molecule has 2 heterocycles. The van der Waals surface area contributed by atoms with Crippen molar-refractivity contribution in [3.63, 3.8) is 0 Å². The summed E-state index contributed by atoms with van der Waals surface area (Å²) >= 11 is 6.02. The first-order chi connectivity index (χ1) is 13.4. The van der Waals surface area contributed by atoms with Gasteiger partial charge in [-0.05, 0) is 67.3 Å². The number of halogens is 1. The molecule has 7 heteroatoms. The lowest BCUT2D eigenvalue weighted by Gasteiger charge is -2.29. The molecule has 0 spiro atoms. The Bertz CT molecular complexity index is 1110. The lowest BCUT2D eigenvalue weighted by Crippen LogP contribution is -2.37. The molecule has 0 atom stereocenters. The molecule has 1 aromatic heterocycles. The number of sulfonamides is 1. The lowest BCUT2D eigenvalue weighted by molar-refractivity contribution is 0.288. The van der Waals surface area contributed by atoms with Crippen LogP contribution in [0, 0.1) is 5.92 Å². The van der Waals surface area contributed by atoms with E-state index in [1.54, 1.807) is 22.5 Å². The van der Waals surface area contributed by atoms with Crippen molar-refractivity contribution in [2.75, 3.05) is 18.4 Å². The maximum absolute atomic E-state index is 13.0. The molecule has 0 bridgehead atoms. The van der Waals surface area contributed by atoms with Crippen LogP contribution in [0.2, 0.25) is 5.02 Å². The Morgan fingerprint density at radius 2 is 1.86 bits per heavy atom. The molecule has 0 unspecified atom stereocenters. The summed E-state index contributed by atoms with van der Waals surface area (Å²) in [5, 5.41) is 4.66. The molecule has 5 nitrogen and oxygen atoms in total. The van der Waals surface area contributed by atoms with E-state index in [2.05, 4.69) is 17.2 Å². The minimum absolute atomic E-state index is 0.326. The van der Waals surface area contributed by atoms with E-state index >= 15 is 0 Å². The second kappa shape index (κ2) is 7.70. The Kier molecular flexibility index (Phi) is 5.27. The minimum Gasteiger partial charge on any atom is -0.340 e. The van der Waals surface area contributed by atoms with Crippen molar-refractivity contribution >= 4 is 44.0 Å². The van der Waals surface area contributed by atoms with Gasteiger partial charge in [-0.15, -0.1) is 0 Å². The predicted octanol–water partition coefficient (Wildman–Crippen LogP) is 5.05. The van der Waals surface area contributed by atoms with Gasteiger partial charge in [0, 0.05) is 29.2 Å². The summed E-state index contributed by atoms with van der Waals surface area (Å²) < 4.78 is 27.5. The van der Waals surface area contributed by atoms with Crippen LogP contribution in [-0.2, 0) is 10.0 Å². The molecule has 4 rings (SSSR count). The molecule has 1 aliphatic heterocycles. The molecule has 146 valence electrons. The zero-order valence-electron chi connectivity index (χ0n) is 15.6. The average molecular weight is 416 g/mol. The van der Waals surface area contributed by atoms with Gasteiger partial charge in [-0.3, -0.25) is 0 Å². The van der Waals surface area contributed by atoms with Gasteiger partial charge in [0.1, 0.15) is 5.82 Å². The van der Waals surface area contributed by atoms with E-state index in [-0.39, 0.29) is 0 Å². The molecular formula is C21H22ClN3O2S. The largest absolute Gasteiger partial charge is 0.340 e. The Morgan fingerprint density at radius 3 is 2.61 bits per heavy atom. The van der Waals surface area contributed by atoms with E-state index in [1.807, 2.05) is 36.4 Å². The number of fused-ring (bicyclic) bond motifs is 1. The summed E-state index contributed by atoms with van der Waals surface area (Å²) in [7, 11) is -3.47. The van der Waals surface area contributed by atoms with Crippen molar-refractivity contribution in [1.29, 1.82) is 0 Å². The zero-order valence-corrected chi connectivity index (χ0v) is 17.2. The number of piperidine rings is 1. The third-order valence-electron chi connectivity index (χ3n) is 5.14. The van der Waals surface area contributed by atoms with Gasteiger partial charge in [0.05, 0.1) is 10.4 Å². The number of pyridine rings is 1. The highest BCUT2D eigenvalue weighted by molar-refractivity contribution is 7.89. The molecule has 1 N–H and O–H groups in total. The van der Waals surface area contributed by atoms with Crippen LogP contribution >= 0.6 is 11.6 Å². The van der Waals surface area contributed by atoms with E-state index in [1.165, 1.54) is 0 Å². The average Bonchev–Trinajstić information content (AvgIpc) is 2.68. The number of anilines is 2. The quantitative estimate of drug-likeness (QED) is 0.647. The molecule has 3 aromatic rings. The SMILES string of the molecule is CC1CCN(S(=O)(=O)c2ccc3nc(Nc4cccc(Cl)c4)ccc3c2)CC1. The third-order valence-corrected chi connectivity index (χ3v) is 7.27. The highest BCUT2D eigenvalue weighted by Crippen LogP contribution is 2.27. The van der Waals surface area contributed by atoms with Crippen molar-refractivity contribution in [3.8, 4) is 0 Å². The van der Waals surface area contributed by atoms with E-state index in [0.29, 0.717) is 34.7 Å². The van der Waals surface area contributed by atoms with Crippen LogP contribution in [-0.4, -0.2) is 30.8 Å². The van der Waals surface area contributed by atoms with Crippen molar-refractivity contribution in [3.05, 3.63) is 59.6 Å². The minimum atomic E-state index is -3.47. The van der Waals surface area contributed by atoms with E-state index in [0.717, 1.165) is 29.4 Å². The Morgan fingerprint density at radius 1 is 1.07 bits per heavy atom. The van der Waals surface area contributed by atoms with Crippen molar-refractivity contribution in [2.45, 2.75) is 24.7 Å². The lowest BCUT2D eigenvalue weighted by atomic mass is 10.0. The standard InChI is InChI=1S/C21H22ClN3O2S/c1-15-9-11-25(12-10-15)28(26,27)19-6-7-20-16(13-19)5-8-21(24-20)23-18-4-2-3-17(22)14-18/h2-8,13-15H,9-12H2,1H3,(H,23,24). The topological polar surface area (TPSA) is 62.3 Å². The highest BCUT2D eigenvalue weighted by atomic mass is 35.5. The summed E-state index contributed by atoms with van der Waals surface area (Å²) in [6.07, 6.45) is 1.82. The number of rotatable bonds is 4. The zero-order chi connectivity index (χ0) is 19.7. The van der Waals surface area contributed by atoms with Gasteiger partial charge in [0.25, 0.3) is 0 Å². The summed E-state index contributed by atoms with van der Waals surface area (Å²) in [6, 6.07) is 16.2. The van der Waals surface area contributed by atoms with Crippen LogP contribution in [0.15, 0.2) is 59.5 Å². The first kappa shape index (κ1) is 19.2. The first-order valence-electron chi connectivity index (χ1n) is 9.35. The van der Waals surface area contributed by atoms with Crippen molar-refractivity contribution in [2.24, 2.45) is 5.92 Å². The van der Waals surface area contributed by atoms with Crippen LogP contribution in [0.3, 0.4) is 0 Å². The van der Waals surface area contributed by atoms with Crippen LogP contribution in [0.1, 0.15) is 19.8 Å². The summed E-state index contributed by atoms with van der Waals surface area (Å²) in [6.45, 7) is 3.34. The van der Waals surface area contributed by atoms with Gasteiger partial charge in [-0.1, -0.05) is 24.6 Å². The predicted molar refractivity (Wildman–Crippen MR) is 114 cm³/mol. The normalized spacial score (nSPS) is 16.4. The molecule has 0 aliphatic carbocycles. The Hall–Kier alpha value is -2.15. The smallest absolute Gasteiger partial charge is 0.243 e. The van der Waals surface area contributed by atoms with Gasteiger partial charge >= 0.3 is 0 Å². The molecule has 0 saturated carbocycles. The number of benzene rings is 2. The molecule has 0 amide bonds. The van der Waals surface area contributed by atoms with Crippen molar-refractivity contribution < 1.29 is 8.42 Å². The number of hydrogen-bond donors (Lipinski definition) is 1. The van der Waals surface area contributed by atoms with Crippen LogP contribution in [0.5, 0.6) is 0 Å². The van der Waals surface area contributed by atoms with Gasteiger partial charge in [0.2, 0.25) is 10.0 Å². The number of nitrogens with zero attached hydrogens (tertiary/aromatic N) is 2. The molecule has 28 heavy (non-hydrogen) atoms. The molecule has 0 radical (unpaired) electrons. The maximum atomic E-state index is 13.0. The van der Waals surface area contributed by atoms with Crippen LogP contribution in [0.4, 0.5) is 11.5 Å². The molecule has 2 aromatic carbocycles. The first-order valence-corrected chi connectivity index (χ1v) is 11.2. The van der Waals surface area contributed by atoms with E-state index in [4.69, 9.17) is 11.6 Å². The van der Waals surface area contributed by atoms with Gasteiger partial charge in [-0.25, -0.2) is 13.4 Å². The maximum Gasteiger partial charge on any atom is 0.243 e. The van der Waals surface area contributed by atoms with E-state index in [9.17, 15) is 8.42 Å². The van der Waals surface area contributed by atoms with Crippen LogP contribution in [0.25, 0.3) is 10.9 Å².